The molecule has 1 fully saturated rings. The van der Waals surface area contributed by atoms with E-state index in [1.807, 2.05) is 21.9 Å². The van der Waals surface area contributed by atoms with Crippen LogP contribution >= 0.6 is 24.8 Å². The maximum atomic E-state index is 14.2. The molecule has 1 aromatic carbocycles. The minimum absolute atomic E-state index is 0. The molecule has 2 aromatic rings. The number of amides is 2. The van der Waals surface area contributed by atoms with Crippen LogP contribution in [0.15, 0.2) is 30.5 Å². The highest BCUT2D eigenvalue weighted by atomic mass is 35.5. The van der Waals surface area contributed by atoms with Crippen molar-refractivity contribution in [3.8, 4) is 0 Å². The Labute approximate surface area is 263 Å². The minimum atomic E-state index is -0.252. The molecule has 234 valence electrons. The fraction of sp³-hybridized carbons (Fsp3) is 0.613. The highest BCUT2D eigenvalue weighted by molar-refractivity contribution is 5.98. The first-order chi connectivity index (χ1) is 19.1. The Morgan fingerprint density at radius 1 is 1.14 bits per heavy atom. The molecule has 1 saturated heterocycles. The molecule has 0 spiro atoms. The van der Waals surface area contributed by atoms with Gasteiger partial charge in [-0.3, -0.25) is 9.59 Å². The van der Waals surface area contributed by atoms with Crippen molar-refractivity contribution in [3.63, 3.8) is 0 Å². The van der Waals surface area contributed by atoms with Crippen LogP contribution in [0.5, 0.6) is 0 Å². The SMILES string of the molecule is COCCCNc1nc(C(C)(C)C)ncc1C(=O)N(CC(C)C)[C@@H]1CNC[C@H](C(=O)N2Cc3ccccc3C2)C1.Cl.Cl. The highest BCUT2D eigenvalue weighted by Crippen LogP contribution is 2.28. The average molecular weight is 624 g/mol. The van der Waals surface area contributed by atoms with Crippen molar-refractivity contribution < 1.29 is 14.3 Å². The molecule has 2 amide bonds. The molecule has 11 heteroatoms. The van der Waals surface area contributed by atoms with E-state index in [9.17, 15) is 9.59 Å². The molecule has 9 nitrogen and oxygen atoms in total. The van der Waals surface area contributed by atoms with Gasteiger partial charge in [-0.1, -0.05) is 58.9 Å². The number of anilines is 1. The number of piperidine rings is 1. The number of carbonyl (C=O) groups excluding carboxylic acids is 2. The summed E-state index contributed by atoms with van der Waals surface area (Å²) < 4.78 is 5.20. The van der Waals surface area contributed by atoms with E-state index >= 15 is 0 Å². The molecule has 2 atom stereocenters. The number of nitrogens with zero attached hydrogens (tertiary/aromatic N) is 4. The number of nitrogens with one attached hydrogen (secondary N) is 2. The first kappa shape index (κ1) is 35.7. The number of aromatic nitrogens is 2. The number of fused-ring (bicyclic) bond motifs is 1. The van der Waals surface area contributed by atoms with Gasteiger partial charge in [0.15, 0.2) is 0 Å². The molecule has 0 unspecified atom stereocenters. The lowest BCUT2D eigenvalue weighted by Gasteiger charge is -2.39. The Hall–Kier alpha value is -2.46. The van der Waals surface area contributed by atoms with Crippen LogP contribution in [0.3, 0.4) is 0 Å². The maximum absolute atomic E-state index is 14.2. The van der Waals surface area contributed by atoms with Crippen molar-refractivity contribution in [1.29, 1.82) is 0 Å². The van der Waals surface area contributed by atoms with E-state index in [0.717, 1.165) is 6.42 Å². The normalized spacial score (nSPS) is 18.1. The van der Waals surface area contributed by atoms with Crippen LogP contribution in [0.1, 0.15) is 74.8 Å². The smallest absolute Gasteiger partial charge is 0.259 e. The van der Waals surface area contributed by atoms with Gasteiger partial charge in [0.05, 0.1) is 5.92 Å². The lowest BCUT2D eigenvalue weighted by atomic mass is 9.92. The second-order valence-corrected chi connectivity index (χ2v) is 12.5. The third-order valence-electron chi connectivity index (χ3n) is 7.60. The molecular weight excluding hydrogens is 575 g/mol. The Morgan fingerprint density at radius 2 is 1.81 bits per heavy atom. The van der Waals surface area contributed by atoms with Gasteiger partial charge in [-0.15, -0.1) is 24.8 Å². The highest BCUT2D eigenvalue weighted by Gasteiger charge is 2.37. The first-order valence-corrected chi connectivity index (χ1v) is 14.6. The van der Waals surface area contributed by atoms with Crippen molar-refractivity contribution in [2.45, 2.75) is 72.0 Å². The van der Waals surface area contributed by atoms with Crippen molar-refractivity contribution in [2.24, 2.45) is 11.8 Å². The molecular formula is C31H48Cl2N6O3. The number of methoxy groups -OCH3 is 1. The topological polar surface area (TPSA) is 99.7 Å². The van der Waals surface area contributed by atoms with E-state index in [4.69, 9.17) is 9.72 Å². The molecule has 2 aliphatic rings. The van der Waals surface area contributed by atoms with Crippen LogP contribution < -0.4 is 10.6 Å². The molecule has 3 heterocycles. The standard InChI is InChI=1S/C31H46N6O3.2ClH/c1-21(2)18-37(29(39)26-17-34-30(31(3,4)5)35-27(26)33-12-9-13-40-6)25-14-24(15-32-16-25)28(38)36-19-22-10-7-8-11-23(22)20-36;;/h7-8,10-11,17,21,24-25,32H,9,12-16,18-20H2,1-6H3,(H,33,34,35);2*1H/t24-,25+;;/m1../s1. The monoisotopic (exact) mass is 622 g/mol. The van der Waals surface area contributed by atoms with Crippen LogP contribution in [0.25, 0.3) is 0 Å². The van der Waals surface area contributed by atoms with Crippen molar-refractivity contribution in [2.75, 3.05) is 45.2 Å². The van der Waals surface area contributed by atoms with Gasteiger partial charge in [-0.05, 0) is 29.9 Å². The first-order valence-electron chi connectivity index (χ1n) is 14.6. The summed E-state index contributed by atoms with van der Waals surface area (Å²) in [5.74, 6) is 1.38. The van der Waals surface area contributed by atoms with E-state index in [0.29, 0.717) is 69.5 Å². The van der Waals surface area contributed by atoms with Crippen LogP contribution in [0.2, 0.25) is 0 Å². The van der Waals surface area contributed by atoms with E-state index < -0.39 is 0 Å². The van der Waals surface area contributed by atoms with Crippen LogP contribution in [0, 0.1) is 11.8 Å². The number of halogens is 2. The largest absolute Gasteiger partial charge is 0.385 e. The zero-order valence-corrected chi connectivity index (χ0v) is 27.4. The Morgan fingerprint density at radius 3 is 2.40 bits per heavy atom. The molecule has 0 aliphatic carbocycles. The van der Waals surface area contributed by atoms with Gasteiger partial charge < -0.3 is 25.2 Å². The van der Waals surface area contributed by atoms with Crippen LogP contribution in [-0.2, 0) is 28.0 Å². The molecule has 0 radical (unpaired) electrons. The van der Waals surface area contributed by atoms with E-state index in [2.05, 4.69) is 62.4 Å². The molecule has 2 N–H and O–H groups in total. The van der Waals surface area contributed by atoms with Gasteiger partial charge >= 0.3 is 0 Å². The Kier molecular flexibility index (Phi) is 13.5. The predicted molar refractivity (Wildman–Crippen MR) is 172 cm³/mol. The van der Waals surface area contributed by atoms with Gasteiger partial charge in [0.2, 0.25) is 5.91 Å². The number of hydrogen-bond donors (Lipinski definition) is 2. The van der Waals surface area contributed by atoms with Crippen LogP contribution in [0.4, 0.5) is 5.82 Å². The second-order valence-electron chi connectivity index (χ2n) is 12.5. The zero-order valence-electron chi connectivity index (χ0n) is 25.8. The molecule has 0 bridgehead atoms. The third kappa shape index (κ3) is 8.78. The van der Waals surface area contributed by atoms with E-state index in [1.54, 1.807) is 13.3 Å². The minimum Gasteiger partial charge on any atom is -0.385 e. The fourth-order valence-corrected chi connectivity index (χ4v) is 5.50. The quantitative estimate of drug-likeness (QED) is 0.371. The van der Waals surface area contributed by atoms with Gasteiger partial charge in [0.25, 0.3) is 5.91 Å². The summed E-state index contributed by atoms with van der Waals surface area (Å²) >= 11 is 0. The third-order valence-corrected chi connectivity index (χ3v) is 7.60. The summed E-state index contributed by atoms with van der Waals surface area (Å²) in [5.41, 5.74) is 2.65. The fourth-order valence-electron chi connectivity index (χ4n) is 5.50. The number of carbonyl (C=O) groups is 2. The number of ether oxygens (including phenoxy) is 1. The number of hydrogen-bond acceptors (Lipinski definition) is 7. The zero-order chi connectivity index (χ0) is 28.9. The van der Waals surface area contributed by atoms with Gasteiger partial charge in [0, 0.05) is 70.6 Å². The molecule has 0 saturated carbocycles. The molecule has 42 heavy (non-hydrogen) atoms. The predicted octanol–water partition coefficient (Wildman–Crippen LogP) is 4.68. The molecule has 1 aromatic heterocycles. The second kappa shape index (κ2) is 15.8. The van der Waals surface area contributed by atoms with E-state index in [-0.39, 0.29) is 59.9 Å². The Balaban J connectivity index is 0.00000308. The summed E-state index contributed by atoms with van der Waals surface area (Å²) in [7, 11) is 1.68. The van der Waals surface area contributed by atoms with Gasteiger partial charge in [-0.25, -0.2) is 9.97 Å². The number of rotatable bonds is 10. The van der Waals surface area contributed by atoms with Crippen LogP contribution in [-0.4, -0.2) is 77.5 Å². The Bertz CT molecular complexity index is 1160. The lowest BCUT2D eigenvalue weighted by molar-refractivity contribution is -0.137. The maximum Gasteiger partial charge on any atom is 0.259 e. The summed E-state index contributed by atoms with van der Waals surface area (Å²) in [6.45, 7) is 14.9. The summed E-state index contributed by atoms with van der Waals surface area (Å²) in [5, 5.41) is 6.83. The summed E-state index contributed by atoms with van der Waals surface area (Å²) in [6.07, 6.45) is 3.10. The van der Waals surface area contributed by atoms with Crippen molar-refractivity contribution in [1.82, 2.24) is 25.1 Å². The van der Waals surface area contributed by atoms with Gasteiger partial charge in [-0.2, -0.15) is 0 Å². The summed E-state index contributed by atoms with van der Waals surface area (Å²) in [6, 6.07) is 8.15. The van der Waals surface area contributed by atoms with E-state index in [1.165, 1.54) is 11.1 Å². The molecule has 4 rings (SSSR count). The van der Waals surface area contributed by atoms with Crippen molar-refractivity contribution >= 4 is 42.4 Å². The number of benzene rings is 1. The molecule has 2 aliphatic heterocycles. The van der Waals surface area contributed by atoms with Gasteiger partial charge in [0.1, 0.15) is 17.2 Å². The summed E-state index contributed by atoms with van der Waals surface area (Å²) in [4.78, 5) is 41.1. The van der Waals surface area contributed by atoms with Crippen molar-refractivity contribution in [3.05, 3.63) is 53.0 Å². The average Bonchev–Trinajstić information content (AvgIpc) is 3.37. The lowest BCUT2D eigenvalue weighted by Crippen LogP contribution is -2.54.